The third-order valence-electron chi connectivity index (χ3n) is 11.2. The van der Waals surface area contributed by atoms with Gasteiger partial charge in [-0.1, -0.05) is 234 Å². The third-order valence-corrected chi connectivity index (χ3v) is 11.2. The molecule has 0 amide bonds. The van der Waals surface area contributed by atoms with E-state index in [0.717, 1.165) is 69.6 Å². The second-order valence-electron chi connectivity index (χ2n) is 18.1. The zero-order valence-corrected chi connectivity index (χ0v) is 38.3. The standard InChI is InChI=1S/C50H96O6/c1-6-7-8-9-23-30-35-40-48(51)54-43-47(56-50(53)42-37-32-27-22-18-20-25-29-34-39-46(4)5)44-55-49(52)41-36-31-26-21-17-15-13-11-10-12-14-16-19-24-28-33-38-45(2)3/h45-47H,6-44H2,1-5H3/t47-/m0/s1. The van der Waals surface area contributed by atoms with E-state index in [2.05, 4.69) is 34.6 Å². The molecule has 0 unspecified atom stereocenters. The largest absolute Gasteiger partial charge is 0.462 e. The van der Waals surface area contributed by atoms with Gasteiger partial charge < -0.3 is 14.2 Å². The Labute approximate surface area is 348 Å². The maximum absolute atomic E-state index is 12.7. The van der Waals surface area contributed by atoms with E-state index in [0.29, 0.717) is 19.3 Å². The number of hydrogen-bond acceptors (Lipinski definition) is 6. The van der Waals surface area contributed by atoms with Gasteiger partial charge in [0, 0.05) is 19.3 Å². The molecule has 0 aliphatic heterocycles. The molecule has 0 radical (unpaired) electrons. The molecule has 1 atom stereocenters. The Hall–Kier alpha value is -1.59. The second kappa shape index (κ2) is 43.0. The first-order valence-electron chi connectivity index (χ1n) is 24.7. The summed E-state index contributed by atoms with van der Waals surface area (Å²) in [5.41, 5.74) is 0. The zero-order valence-electron chi connectivity index (χ0n) is 38.3. The molecule has 0 aliphatic rings. The number of carbonyl (C=O) groups is 3. The lowest BCUT2D eigenvalue weighted by Gasteiger charge is -2.18. The molecule has 6 heteroatoms. The molecule has 0 rings (SSSR count). The first kappa shape index (κ1) is 54.4. The summed E-state index contributed by atoms with van der Waals surface area (Å²) in [6, 6.07) is 0. The van der Waals surface area contributed by atoms with Crippen molar-refractivity contribution >= 4 is 17.9 Å². The van der Waals surface area contributed by atoms with E-state index < -0.39 is 6.10 Å². The summed E-state index contributed by atoms with van der Waals surface area (Å²) in [6.45, 7) is 11.3. The summed E-state index contributed by atoms with van der Waals surface area (Å²) < 4.78 is 16.7. The van der Waals surface area contributed by atoms with Crippen LogP contribution in [-0.2, 0) is 28.6 Å². The van der Waals surface area contributed by atoms with Crippen LogP contribution in [0.1, 0.15) is 272 Å². The topological polar surface area (TPSA) is 78.9 Å². The fourth-order valence-electron chi connectivity index (χ4n) is 7.46. The van der Waals surface area contributed by atoms with Crippen molar-refractivity contribution in [2.45, 2.75) is 278 Å². The highest BCUT2D eigenvalue weighted by molar-refractivity contribution is 5.71. The van der Waals surface area contributed by atoms with Crippen LogP contribution in [-0.4, -0.2) is 37.2 Å². The smallest absolute Gasteiger partial charge is 0.306 e. The summed E-state index contributed by atoms with van der Waals surface area (Å²) in [5.74, 6) is 0.800. The molecule has 0 aromatic rings. The van der Waals surface area contributed by atoms with Crippen molar-refractivity contribution in [1.29, 1.82) is 0 Å². The monoisotopic (exact) mass is 793 g/mol. The summed E-state index contributed by atoms with van der Waals surface area (Å²) >= 11 is 0. The fourth-order valence-corrected chi connectivity index (χ4v) is 7.46. The summed E-state index contributed by atoms with van der Waals surface area (Å²) in [4.78, 5) is 37.7. The molecule has 56 heavy (non-hydrogen) atoms. The van der Waals surface area contributed by atoms with E-state index in [4.69, 9.17) is 14.2 Å². The van der Waals surface area contributed by atoms with E-state index in [9.17, 15) is 14.4 Å². The van der Waals surface area contributed by atoms with Gasteiger partial charge in [0.05, 0.1) is 0 Å². The van der Waals surface area contributed by atoms with E-state index in [1.165, 1.54) is 161 Å². The van der Waals surface area contributed by atoms with Crippen LogP contribution in [0.5, 0.6) is 0 Å². The molecular weight excluding hydrogens is 697 g/mol. The molecule has 0 fully saturated rings. The molecule has 0 aliphatic carbocycles. The molecule has 332 valence electrons. The minimum Gasteiger partial charge on any atom is -0.462 e. The SMILES string of the molecule is CCCCCCCCCC(=O)OC[C@@H](COC(=O)CCCCCCCCCCCCCCCCCCC(C)C)OC(=O)CCCCCCCCCCCC(C)C. The quantitative estimate of drug-likeness (QED) is 0.0347. The van der Waals surface area contributed by atoms with Gasteiger partial charge in [-0.2, -0.15) is 0 Å². The Morgan fingerprint density at radius 2 is 0.589 bits per heavy atom. The lowest BCUT2D eigenvalue weighted by Crippen LogP contribution is -2.30. The Morgan fingerprint density at radius 3 is 0.875 bits per heavy atom. The first-order chi connectivity index (χ1) is 27.2. The first-order valence-corrected chi connectivity index (χ1v) is 24.7. The van der Waals surface area contributed by atoms with Gasteiger partial charge in [0.1, 0.15) is 13.2 Å². The van der Waals surface area contributed by atoms with Crippen molar-refractivity contribution in [3.8, 4) is 0 Å². The van der Waals surface area contributed by atoms with Crippen molar-refractivity contribution < 1.29 is 28.6 Å². The average Bonchev–Trinajstić information content (AvgIpc) is 3.16. The zero-order chi connectivity index (χ0) is 41.2. The summed E-state index contributed by atoms with van der Waals surface area (Å²) in [7, 11) is 0. The van der Waals surface area contributed by atoms with Crippen LogP contribution in [0.3, 0.4) is 0 Å². The summed E-state index contributed by atoms with van der Waals surface area (Å²) in [6.07, 6.45) is 42.5. The number of rotatable bonds is 44. The summed E-state index contributed by atoms with van der Waals surface area (Å²) in [5, 5.41) is 0. The fraction of sp³-hybridized carbons (Fsp3) is 0.940. The Balaban J connectivity index is 4.17. The van der Waals surface area contributed by atoms with E-state index in [1.807, 2.05) is 0 Å². The minimum atomic E-state index is -0.760. The van der Waals surface area contributed by atoms with Gasteiger partial charge in [-0.3, -0.25) is 14.4 Å². The highest BCUT2D eigenvalue weighted by Crippen LogP contribution is 2.17. The number of ether oxygens (including phenoxy) is 3. The van der Waals surface area contributed by atoms with Crippen molar-refractivity contribution in [2.75, 3.05) is 13.2 Å². The third kappa shape index (κ3) is 43.5. The van der Waals surface area contributed by atoms with Crippen LogP contribution < -0.4 is 0 Å². The van der Waals surface area contributed by atoms with E-state index in [1.54, 1.807) is 0 Å². The number of hydrogen-bond donors (Lipinski definition) is 0. The number of esters is 3. The molecule has 0 N–H and O–H groups in total. The van der Waals surface area contributed by atoms with Crippen LogP contribution in [0.25, 0.3) is 0 Å². The van der Waals surface area contributed by atoms with Crippen molar-refractivity contribution in [2.24, 2.45) is 11.8 Å². The van der Waals surface area contributed by atoms with Crippen molar-refractivity contribution in [1.82, 2.24) is 0 Å². The molecule has 0 bridgehead atoms. The van der Waals surface area contributed by atoms with Gasteiger partial charge in [-0.05, 0) is 31.1 Å². The van der Waals surface area contributed by atoms with Crippen LogP contribution in [0.2, 0.25) is 0 Å². The van der Waals surface area contributed by atoms with Crippen molar-refractivity contribution in [3.05, 3.63) is 0 Å². The lowest BCUT2D eigenvalue weighted by atomic mass is 10.0. The second-order valence-corrected chi connectivity index (χ2v) is 18.1. The minimum absolute atomic E-state index is 0.0646. The number of unbranched alkanes of at least 4 members (excludes halogenated alkanes) is 29. The van der Waals surface area contributed by atoms with Gasteiger partial charge in [-0.15, -0.1) is 0 Å². The predicted octanol–water partition coefficient (Wildman–Crippen LogP) is 15.8. The highest BCUT2D eigenvalue weighted by atomic mass is 16.6. The van der Waals surface area contributed by atoms with Gasteiger partial charge in [-0.25, -0.2) is 0 Å². The highest BCUT2D eigenvalue weighted by Gasteiger charge is 2.19. The van der Waals surface area contributed by atoms with Gasteiger partial charge >= 0.3 is 17.9 Å². The lowest BCUT2D eigenvalue weighted by molar-refractivity contribution is -0.167. The molecule has 6 nitrogen and oxygen atoms in total. The molecule has 0 saturated heterocycles. The van der Waals surface area contributed by atoms with E-state index in [-0.39, 0.29) is 31.1 Å². The van der Waals surface area contributed by atoms with Crippen LogP contribution >= 0.6 is 0 Å². The Bertz CT molecular complexity index is 854. The van der Waals surface area contributed by atoms with Crippen LogP contribution in [0.4, 0.5) is 0 Å². The molecule has 0 heterocycles. The maximum atomic E-state index is 12.7. The molecule has 0 aromatic carbocycles. The van der Waals surface area contributed by atoms with Crippen LogP contribution in [0, 0.1) is 11.8 Å². The molecular formula is C50H96O6. The normalized spacial score (nSPS) is 12.1. The van der Waals surface area contributed by atoms with Gasteiger partial charge in [0.25, 0.3) is 0 Å². The Morgan fingerprint density at radius 1 is 0.339 bits per heavy atom. The Kier molecular flexibility index (Phi) is 41.8. The van der Waals surface area contributed by atoms with Gasteiger partial charge in [0.15, 0.2) is 6.10 Å². The maximum Gasteiger partial charge on any atom is 0.306 e. The molecule has 0 spiro atoms. The average molecular weight is 793 g/mol. The van der Waals surface area contributed by atoms with E-state index >= 15 is 0 Å². The number of carbonyl (C=O) groups excluding carboxylic acids is 3. The molecule has 0 aromatic heterocycles. The van der Waals surface area contributed by atoms with Crippen LogP contribution in [0.15, 0.2) is 0 Å². The van der Waals surface area contributed by atoms with Crippen molar-refractivity contribution in [3.63, 3.8) is 0 Å². The predicted molar refractivity (Wildman–Crippen MR) is 238 cm³/mol. The molecule has 0 saturated carbocycles. The van der Waals surface area contributed by atoms with Gasteiger partial charge in [0.2, 0.25) is 0 Å².